The second kappa shape index (κ2) is 5.61. The Balaban J connectivity index is 2.05. The van der Waals surface area contributed by atoms with Crippen LogP contribution in [0.3, 0.4) is 0 Å². The first-order valence-corrected chi connectivity index (χ1v) is 7.62. The van der Waals surface area contributed by atoms with Gasteiger partial charge in [0.05, 0.1) is 6.20 Å². The Bertz CT molecular complexity index is 589. The van der Waals surface area contributed by atoms with E-state index in [0.29, 0.717) is 10.8 Å². The van der Waals surface area contributed by atoms with E-state index in [9.17, 15) is 8.42 Å². The molecule has 3 N–H and O–H groups in total. The van der Waals surface area contributed by atoms with E-state index in [-0.39, 0.29) is 6.54 Å². The minimum absolute atomic E-state index is 0.234. The second-order valence-electron chi connectivity index (χ2n) is 3.68. The van der Waals surface area contributed by atoms with Crippen molar-refractivity contribution in [3.63, 3.8) is 0 Å². The zero-order chi connectivity index (χ0) is 13.0. The molecule has 0 spiro atoms. The molecule has 0 aliphatic rings. The summed E-state index contributed by atoms with van der Waals surface area (Å²) in [5.41, 5.74) is 0.797. The molecule has 2 heterocycles. The van der Waals surface area contributed by atoms with Crippen molar-refractivity contribution >= 4 is 21.4 Å². The molecule has 0 unspecified atom stereocenters. The van der Waals surface area contributed by atoms with Gasteiger partial charge in [-0.3, -0.25) is 5.10 Å². The monoisotopic (exact) mass is 286 g/mol. The predicted octanol–water partition coefficient (Wildman–Crippen LogP) is 0.669. The van der Waals surface area contributed by atoms with Crippen molar-refractivity contribution in [1.29, 1.82) is 0 Å². The fourth-order valence-electron chi connectivity index (χ4n) is 1.40. The van der Waals surface area contributed by atoms with Gasteiger partial charge in [0, 0.05) is 29.7 Å². The summed E-state index contributed by atoms with van der Waals surface area (Å²) in [6.45, 7) is 0.903. The van der Waals surface area contributed by atoms with Gasteiger partial charge in [-0.2, -0.15) is 5.10 Å². The summed E-state index contributed by atoms with van der Waals surface area (Å²) in [7, 11) is -1.61. The molecule has 0 aliphatic heterocycles. The lowest BCUT2D eigenvalue weighted by atomic mass is 10.4. The maximum atomic E-state index is 12.0. The number of nitrogens with zero attached hydrogens (tertiary/aromatic N) is 1. The van der Waals surface area contributed by atoms with Gasteiger partial charge >= 0.3 is 0 Å². The Morgan fingerprint density at radius 3 is 2.89 bits per heavy atom. The van der Waals surface area contributed by atoms with E-state index in [1.165, 1.54) is 11.3 Å². The van der Waals surface area contributed by atoms with E-state index in [4.69, 9.17) is 0 Å². The Kier molecular flexibility index (Phi) is 4.12. The van der Waals surface area contributed by atoms with E-state index in [2.05, 4.69) is 20.2 Å². The van der Waals surface area contributed by atoms with Crippen LogP contribution in [-0.2, 0) is 23.1 Å². The van der Waals surface area contributed by atoms with Crippen molar-refractivity contribution in [1.82, 2.24) is 20.2 Å². The van der Waals surface area contributed by atoms with E-state index >= 15 is 0 Å². The molecule has 18 heavy (non-hydrogen) atoms. The van der Waals surface area contributed by atoms with Crippen LogP contribution in [0.1, 0.15) is 10.4 Å². The van der Waals surface area contributed by atoms with Crippen LogP contribution in [0.5, 0.6) is 0 Å². The fraction of sp³-hybridized carbons (Fsp3) is 0.300. The number of hydrogen-bond donors (Lipinski definition) is 3. The quantitative estimate of drug-likeness (QED) is 0.728. The van der Waals surface area contributed by atoms with Gasteiger partial charge in [-0.25, -0.2) is 13.1 Å². The molecule has 0 aromatic carbocycles. The van der Waals surface area contributed by atoms with Gasteiger partial charge in [0.15, 0.2) is 0 Å². The summed E-state index contributed by atoms with van der Waals surface area (Å²) in [5, 5.41) is 9.38. The highest BCUT2D eigenvalue weighted by Crippen LogP contribution is 2.21. The molecule has 0 fully saturated rings. The van der Waals surface area contributed by atoms with Gasteiger partial charge in [-0.15, -0.1) is 11.3 Å². The number of aromatic amines is 1. The molecular formula is C10H14N4O2S2. The highest BCUT2D eigenvalue weighted by Gasteiger charge is 2.16. The van der Waals surface area contributed by atoms with E-state index in [1.54, 1.807) is 18.5 Å². The molecule has 0 aliphatic carbocycles. The summed E-state index contributed by atoms with van der Waals surface area (Å²) in [5.74, 6) is 0. The summed E-state index contributed by atoms with van der Waals surface area (Å²) in [4.78, 5) is 0.987. The standard InChI is InChI=1S/C10H14N4O2S2/c1-11-7-9-2-3-10(17-9)18(15,16)14-6-8-4-12-13-5-8/h2-5,11,14H,6-7H2,1H3,(H,12,13). The molecule has 8 heteroatoms. The number of hydrogen-bond acceptors (Lipinski definition) is 5. The van der Waals surface area contributed by atoms with Crippen LogP contribution < -0.4 is 10.0 Å². The smallest absolute Gasteiger partial charge is 0.250 e. The van der Waals surface area contributed by atoms with Gasteiger partial charge in [0.2, 0.25) is 10.0 Å². The SMILES string of the molecule is CNCc1ccc(S(=O)(=O)NCc2cn[nH]c2)s1. The summed E-state index contributed by atoms with van der Waals surface area (Å²) < 4.78 is 26.9. The Morgan fingerprint density at radius 2 is 2.22 bits per heavy atom. The van der Waals surface area contributed by atoms with Gasteiger partial charge in [0.1, 0.15) is 4.21 Å². The van der Waals surface area contributed by atoms with E-state index in [1.807, 2.05) is 13.1 Å². The minimum Gasteiger partial charge on any atom is -0.315 e. The van der Waals surface area contributed by atoms with Crippen molar-refractivity contribution < 1.29 is 8.42 Å². The average Bonchev–Trinajstić information content (AvgIpc) is 2.98. The number of nitrogens with one attached hydrogen (secondary N) is 3. The molecule has 2 rings (SSSR count). The molecule has 2 aromatic rings. The van der Waals surface area contributed by atoms with Crippen molar-refractivity contribution in [2.75, 3.05) is 7.05 Å². The van der Waals surface area contributed by atoms with Gasteiger partial charge < -0.3 is 5.32 Å². The fourth-order valence-corrected chi connectivity index (χ4v) is 3.83. The van der Waals surface area contributed by atoms with Crippen LogP contribution in [0.15, 0.2) is 28.7 Å². The lowest BCUT2D eigenvalue weighted by Gasteiger charge is -2.02. The predicted molar refractivity (Wildman–Crippen MR) is 69.7 cm³/mol. The third kappa shape index (κ3) is 3.16. The van der Waals surface area contributed by atoms with Crippen LogP contribution in [0.4, 0.5) is 0 Å². The van der Waals surface area contributed by atoms with Crippen LogP contribution >= 0.6 is 11.3 Å². The summed E-state index contributed by atoms with van der Waals surface area (Å²) >= 11 is 1.27. The molecule has 0 amide bonds. The second-order valence-corrected chi connectivity index (χ2v) is 6.84. The van der Waals surface area contributed by atoms with Crippen molar-refractivity contribution in [2.24, 2.45) is 0 Å². The maximum absolute atomic E-state index is 12.0. The van der Waals surface area contributed by atoms with E-state index < -0.39 is 10.0 Å². The first-order chi connectivity index (χ1) is 8.62. The summed E-state index contributed by atoms with van der Waals surface area (Å²) in [6.07, 6.45) is 3.24. The Hall–Kier alpha value is -1.22. The van der Waals surface area contributed by atoms with Crippen LogP contribution in [0, 0.1) is 0 Å². The third-order valence-corrected chi connectivity index (χ3v) is 5.25. The largest absolute Gasteiger partial charge is 0.315 e. The molecule has 0 radical (unpaired) electrons. The molecule has 2 aromatic heterocycles. The first-order valence-electron chi connectivity index (χ1n) is 5.32. The molecule has 0 bridgehead atoms. The number of sulfonamides is 1. The average molecular weight is 286 g/mol. The Labute approximate surface area is 109 Å². The molecule has 0 saturated heterocycles. The highest BCUT2D eigenvalue weighted by atomic mass is 32.2. The maximum Gasteiger partial charge on any atom is 0.250 e. The lowest BCUT2D eigenvalue weighted by Crippen LogP contribution is -2.22. The number of aromatic nitrogens is 2. The first kappa shape index (κ1) is 13.2. The topological polar surface area (TPSA) is 86.9 Å². The van der Waals surface area contributed by atoms with Gasteiger partial charge in [0.25, 0.3) is 0 Å². The Morgan fingerprint density at radius 1 is 1.39 bits per heavy atom. The molecule has 98 valence electrons. The van der Waals surface area contributed by atoms with Crippen LogP contribution in [-0.4, -0.2) is 25.7 Å². The van der Waals surface area contributed by atoms with Crippen LogP contribution in [0.2, 0.25) is 0 Å². The van der Waals surface area contributed by atoms with Crippen molar-refractivity contribution in [3.8, 4) is 0 Å². The lowest BCUT2D eigenvalue weighted by molar-refractivity contribution is 0.583. The number of thiophene rings is 1. The summed E-state index contributed by atoms with van der Waals surface area (Å²) in [6, 6.07) is 3.43. The van der Waals surface area contributed by atoms with Crippen molar-refractivity contribution in [2.45, 2.75) is 17.3 Å². The van der Waals surface area contributed by atoms with E-state index in [0.717, 1.165) is 10.4 Å². The molecule has 0 atom stereocenters. The minimum atomic E-state index is -3.43. The molecular weight excluding hydrogens is 272 g/mol. The number of rotatable bonds is 6. The number of H-pyrrole nitrogens is 1. The third-order valence-electron chi connectivity index (χ3n) is 2.27. The van der Waals surface area contributed by atoms with Crippen LogP contribution in [0.25, 0.3) is 0 Å². The molecule has 6 nitrogen and oxygen atoms in total. The normalized spacial score (nSPS) is 11.8. The van der Waals surface area contributed by atoms with Gasteiger partial charge in [-0.1, -0.05) is 0 Å². The zero-order valence-electron chi connectivity index (χ0n) is 9.80. The molecule has 0 saturated carbocycles. The highest BCUT2D eigenvalue weighted by molar-refractivity contribution is 7.91. The van der Waals surface area contributed by atoms with Crippen molar-refractivity contribution in [3.05, 3.63) is 35.0 Å². The zero-order valence-corrected chi connectivity index (χ0v) is 11.4. The van der Waals surface area contributed by atoms with Gasteiger partial charge in [-0.05, 0) is 19.2 Å².